The number of nitro groups is 1. The van der Waals surface area contributed by atoms with E-state index < -0.39 is 17.9 Å². The number of nitrogens with zero attached hydrogens (tertiary/aromatic N) is 3. The van der Waals surface area contributed by atoms with Gasteiger partial charge < -0.3 is 17.3 Å². The number of hydrogen-bond donors (Lipinski definition) is 0. The first-order chi connectivity index (χ1) is 8.07. The van der Waals surface area contributed by atoms with Crippen LogP contribution in [0.15, 0.2) is 12.1 Å². The van der Waals surface area contributed by atoms with Crippen LogP contribution >= 0.6 is 23.2 Å². The molecule has 0 heterocycles. The van der Waals surface area contributed by atoms with Crippen molar-refractivity contribution in [1.29, 1.82) is 5.39 Å². The fraction of sp³-hybridized carbons (Fsp3) is 0. The molecule has 1 aromatic carbocycles. The van der Waals surface area contributed by atoms with Gasteiger partial charge in [-0.15, -0.1) is 0 Å². The zero-order valence-corrected chi connectivity index (χ0v) is 9.67. The average molecular weight is 306 g/mol. The maximum Gasteiger partial charge on any atom is 0.673 e. The second-order valence-electron chi connectivity index (χ2n) is 2.58. The van der Waals surface area contributed by atoms with E-state index in [9.17, 15) is 27.4 Å². The van der Waals surface area contributed by atoms with Gasteiger partial charge in [0.05, 0.1) is 9.95 Å². The molecule has 0 aliphatic heterocycles. The summed E-state index contributed by atoms with van der Waals surface area (Å²) in [7, 11) is -6.00. The van der Waals surface area contributed by atoms with Crippen LogP contribution in [0, 0.1) is 15.5 Å². The van der Waals surface area contributed by atoms with Crippen molar-refractivity contribution < 1.29 is 22.2 Å². The maximum atomic E-state index is 10.4. The third-order valence-corrected chi connectivity index (χ3v) is 2.13. The minimum Gasteiger partial charge on any atom is -0.418 e. The Morgan fingerprint density at radius 1 is 1.28 bits per heavy atom. The SMILES string of the molecule is F[B-](F)(F)F.N#[N+]c1ccc(Cl)c(Cl)c1[N+](=O)[O-]. The molecule has 12 heteroatoms. The van der Waals surface area contributed by atoms with Crippen LogP contribution in [0.1, 0.15) is 0 Å². The van der Waals surface area contributed by atoms with E-state index in [0.717, 1.165) is 0 Å². The summed E-state index contributed by atoms with van der Waals surface area (Å²) in [6.45, 7) is 0. The van der Waals surface area contributed by atoms with Crippen molar-refractivity contribution >= 4 is 41.8 Å². The van der Waals surface area contributed by atoms with Crippen LogP contribution in [0.3, 0.4) is 0 Å². The first-order valence-corrected chi connectivity index (χ1v) is 4.68. The Hall–Kier alpha value is -1.60. The molecule has 0 aliphatic rings. The largest absolute Gasteiger partial charge is 0.673 e. The molecule has 18 heavy (non-hydrogen) atoms. The highest BCUT2D eigenvalue weighted by molar-refractivity contribution is 6.50. The lowest BCUT2D eigenvalue weighted by Crippen LogP contribution is -2.02. The number of rotatable bonds is 1. The Bertz CT molecular complexity index is 499. The van der Waals surface area contributed by atoms with Gasteiger partial charge in [0, 0.05) is 6.07 Å². The predicted molar refractivity (Wildman–Crippen MR) is 58.0 cm³/mol. The highest BCUT2D eigenvalue weighted by Gasteiger charge is 2.30. The summed E-state index contributed by atoms with van der Waals surface area (Å²) in [5.74, 6) is 0. The second-order valence-corrected chi connectivity index (χ2v) is 3.37. The molecule has 0 atom stereocenters. The van der Waals surface area contributed by atoms with E-state index in [4.69, 9.17) is 28.6 Å². The Balaban J connectivity index is 0.000000494. The van der Waals surface area contributed by atoms with Crippen molar-refractivity contribution in [3.05, 3.63) is 37.3 Å². The van der Waals surface area contributed by atoms with E-state index in [2.05, 4.69) is 4.98 Å². The Labute approximate surface area is 107 Å². The van der Waals surface area contributed by atoms with Gasteiger partial charge in [0.25, 0.3) is 0 Å². The molecule has 5 nitrogen and oxygen atoms in total. The third kappa shape index (κ3) is 5.65. The van der Waals surface area contributed by atoms with Crippen LogP contribution in [0.4, 0.5) is 28.6 Å². The smallest absolute Gasteiger partial charge is 0.418 e. The lowest BCUT2D eigenvalue weighted by atomic mass is 10.3. The van der Waals surface area contributed by atoms with Crippen LogP contribution in [0.2, 0.25) is 10.0 Å². The lowest BCUT2D eigenvalue weighted by molar-refractivity contribution is -0.383. The van der Waals surface area contributed by atoms with Crippen molar-refractivity contribution in [2.75, 3.05) is 0 Å². The zero-order valence-electron chi connectivity index (χ0n) is 8.16. The number of diazo groups is 1. The van der Waals surface area contributed by atoms with Gasteiger partial charge in [0.15, 0.2) is 4.98 Å². The van der Waals surface area contributed by atoms with Gasteiger partial charge in [-0.05, 0) is 6.07 Å². The highest BCUT2D eigenvalue weighted by Crippen LogP contribution is 2.39. The Morgan fingerprint density at radius 3 is 2.06 bits per heavy atom. The molecule has 0 radical (unpaired) electrons. The van der Waals surface area contributed by atoms with E-state index in [1.807, 2.05) is 0 Å². The van der Waals surface area contributed by atoms with Gasteiger partial charge in [-0.3, -0.25) is 10.1 Å². The molecule has 0 amide bonds. The zero-order chi connectivity index (χ0) is 14.5. The van der Waals surface area contributed by atoms with Gasteiger partial charge in [0.2, 0.25) is 5.39 Å². The normalized spacial score (nSPS) is 10.1. The van der Waals surface area contributed by atoms with Gasteiger partial charge in [-0.25, -0.2) is 0 Å². The molecule has 0 saturated heterocycles. The maximum absolute atomic E-state index is 10.4. The quantitative estimate of drug-likeness (QED) is 0.248. The molecule has 0 saturated carbocycles. The average Bonchev–Trinajstić information content (AvgIpc) is 2.18. The fourth-order valence-electron chi connectivity index (χ4n) is 0.784. The fourth-order valence-corrected chi connectivity index (χ4v) is 1.17. The van der Waals surface area contributed by atoms with Gasteiger partial charge in [-0.2, -0.15) is 0 Å². The topological polar surface area (TPSA) is 71.3 Å². The molecule has 0 aliphatic carbocycles. The number of benzene rings is 1. The van der Waals surface area contributed by atoms with E-state index in [1.165, 1.54) is 12.1 Å². The summed E-state index contributed by atoms with van der Waals surface area (Å²) >= 11 is 11.1. The molecular weight excluding hydrogens is 304 g/mol. The van der Waals surface area contributed by atoms with Crippen molar-refractivity contribution in [2.24, 2.45) is 0 Å². The molecule has 98 valence electrons. The van der Waals surface area contributed by atoms with E-state index in [1.54, 1.807) is 0 Å². The molecule has 0 N–H and O–H groups in total. The molecule has 0 spiro atoms. The van der Waals surface area contributed by atoms with Crippen LogP contribution in [0.5, 0.6) is 0 Å². The molecule has 0 bridgehead atoms. The van der Waals surface area contributed by atoms with Crippen LogP contribution in [-0.2, 0) is 0 Å². The van der Waals surface area contributed by atoms with Crippen molar-refractivity contribution in [1.82, 2.24) is 0 Å². The minimum atomic E-state index is -6.00. The minimum absolute atomic E-state index is 0.0424. The second kappa shape index (κ2) is 6.37. The van der Waals surface area contributed by atoms with Crippen molar-refractivity contribution in [3.8, 4) is 0 Å². The van der Waals surface area contributed by atoms with Gasteiger partial charge in [0.1, 0.15) is 5.02 Å². The van der Waals surface area contributed by atoms with Crippen LogP contribution in [-0.4, -0.2) is 12.2 Å². The Kier molecular flexibility index (Phi) is 5.80. The summed E-state index contributed by atoms with van der Waals surface area (Å²) < 4.78 is 39.0. The summed E-state index contributed by atoms with van der Waals surface area (Å²) in [5, 5.41) is 18.7. The van der Waals surface area contributed by atoms with Crippen LogP contribution < -0.4 is 0 Å². The van der Waals surface area contributed by atoms with Gasteiger partial charge >= 0.3 is 18.6 Å². The van der Waals surface area contributed by atoms with Crippen molar-refractivity contribution in [2.45, 2.75) is 0 Å². The first kappa shape index (κ1) is 16.4. The van der Waals surface area contributed by atoms with Gasteiger partial charge in [-0.1, -0.05) is 23.2 Å². The number of hydrogen-bond acceptors (Lipinski definition) is 3. The van der Waals surface area contributed by atoms with Crippen LogP contribution in [0.25, 0.3) is 4.98 Å². The Morgan fingerprint density at radius 2 is 1.72 bits per heavy atom. The number of nitro benzene ring substituents is 1. The summed E-state index contributed by atoms with van der Waals surface area (Å²) in [6, 6.07) is 2.51. The van der Waals surface area contributed by atoms with E-state index >= 15 is 0 Å². The van der Waals surface area contributed by atoms with Crippen molar-refractivity contribution in [3.63, 3.8) is 0 Å². The summed E-state index contributed by atoms with van der Waals surface area (Å²) in [6.07, 6.45) is 0. The first-order valence-electron chi connectivity index (χ1n) is 3.92. The lowest BCUT2D eigenvalue weighted by Gasteiger charge is -1.94. The summed E-state index contributed by atoms with van der Waals surface area (Å²) in [5.41, 5.74) is -0.726. The van der Waals surface area contributed by atoms with E-state index in [0.29, 0.717) is 0 Å². The highest BCUT2D eigenvalue weighted by atomic mass is 35.5. The van der Waals surface area contributed by atoms with E-state index in [-0.39, 0.29) is 15.7 Å². The molecule has 0 aromatic heterocycles. The molecule has 1 rings (SSSR count). The summed E-state index contributed by atoms with van der Waals surface area (Å²) in [4.78, 5) is 12.4. The molecule has 0 fully saturated rings. The monoisotopic (exact) mass is 305 g/mol. The molecule has 1 aromatic rings. The molecular formula is C6H2BCl2F4N3O2. The number of halogens is 6. The standard InChI is InChI=1S/C6H2Cl2N3O2.BF4/c7-3-1-2-4(10-9)6(5(3)8)11(12)13;2-1(3,4)5/h1-2H;/q+1;-1. The third-order valence-electron chi connectivity index (χ3n) is 1.34. The molecule has 0 unspecified atom stereocenters. The predicted octanol–water partition coefficient (Wildman–Crippen LogP) is 4.69.